The van der Waals surface area contributed by atoms with Gasteiger partial charge in [0.15, 0.2) is 0 Å². The molecule has 0 bridgehead atoms. The van der Waals surface area contributed by atoms with Gasteiger partial charge >= 0.3 is 0 Å². The van der Waals surface area contributed by atoms with E-state index in [0.29, 0.717) is 0 Å². The summed E-state index contributed by atoms with van der Waals surface area (Å²) in [4.78, 5) is 23.0. The number of carbonyl (C=O) groups excluding carboxylic acids is 2. The Morgan fingerprint density at radius 2 is 1.65 bits per heavy atom. The molecule has 0 heterocycles. The standard InChI is InChI=1S/C19H20N2O2/c1-13-5-4-6-18(14(13)2)21-19(23)12-9-16-7-10-17(11-8-16)20-15(3)22/h4-12H,1-3H3,(H,20,22)(H,21,23)/b12-9+. The SMILES string of the molecule is CC(=O)Nc1ccc(/C=C/C(=O)Nc2cccc(C)c2C)cc1. The van der Waals surface area contributed by atoms with Gasteiger partial charge in [-0.05, 0) is 54.8 Å². The number of nitrogens with one attached hydrogen (secondary N) is 2. The highest BCUT2D eigenvalue weighted by Crippen LogP contribution is 2.18. The molecule has 0 radical (unpaired) electrons. The summed E-state index contributed by atoms with van der Waals surface area (Å²) < 4.78 is 0. The Labute approximate surface area is 136 Å². The molecule has 118 valence electrons. The molecule has 2 amide bonds. The van der Waals surface area contributed by atoms with Gasteiger partial charge in [0.25, 0.3) is 0 Å². The molecule has 2 rings (SSSR count). The van der Waals surface area contributed by atoms with Gasteiger partial charge in [-0.1, -0.05) is 24.3 Å². The molecule has 4 heteroatoms. The summed E-state index contributed by atoms with van der Waals surface area (Å²) in [6.07, 6.45) is 3.23. The third-order valence-electron chi connectivity index (χ3n) is 3.52. The quantitative estimate of drug-likeness (QED) is 0.841. The first-order chi connectivity index (χ1) is 11.0. The van der Waals surface area contributed by atoms with Crippen LogP contribution in [0.25, 0.3) is 6.08 Å². The molecule has 0 spiro atoms. The molecule has 0 aliphatic heterocycles. The van der Waals surface area contributed by atoms with E-state index in [1.54, 1.807) is 18.2 Å². The van der Waals surface area contributed by atoms with Gasteiger partial charge < -0.3 is 10.6 Å². The molecule has 23 heavy (non-hydrogen) atoms. The van der Waals surface area contributed by atoms with E-state index in [1.165, 1.54) is 13.0 Å². The number of hydrogen-bond acceptors (Lipinski definition) is 2. The van der Waals surface area contributed by atoms with E-state index in [9.17, 15) is 9.59 Å². The lowest BCUT2D eigenvalue weighted by Gasteiger charge is -2.08. The summed E-state index contributed by atoms with van der Waals surface area (Å²) in [5.74, 6) is -0.286. The van der Waals surface area contributed by atoms with Crippen LogP contribution in [0.2, 0.25) is 0 Å². The predicted molar refractivity (Wildman–Crippen MR) is 94.3 cm³/mol. The molecule has 0 aromatic heterocycles. The van der Waals surface area contributed by atoms with Crippen molar-refractivity contribution in [3.63, 3.8) is 0 Å². The monoisotopic (exact) mass is 308 g/mol. The molecule has 4 nitrogen and oxygen atoms in total. The molecule has 0 aliphatic carbocycles. The second kappa shape index (κ2) is 7.40. The maximum absolute atomic E-state index is 12.0. The Balaban J connectivity index is 2.00. The van der Waals surface area contributed by atoms with Crippen LogP contribution in [0, 0.1) is 13.8 Å². The van der Waals surface area contributed by atoms with E-state index in [2.05, 4.69) is 10.6 Å². The molecule has 0 saturated heterocycles. The Hall–Kier alpha value is -2.88. The molecule has 0 fully saturated rings. The summed E-state index contributed by atoms with van der Waals surface area (Å²) in [6.45, 7) is 5.46. The van der Waals surface area contributed by atoms with E-state index in [4.69, 9.17) is 0 Å². The van der Waals surface area contributed by atoms with Gasteiger partial charge in [0.1, 0.15) is 0 Å². The Morgan fingerprint density at radius 3 is 2.30 bits per heavy atom. The molecule has 0 atom stereocenters. The van der Waals surface area contributed by atoms with Crippen molar-refractivity contribution in [2.24, 2.45) is 0 Å². The van der Waals surface area contributed by atoms with E-state index in [1.807, 2.05) is 44.2 Å². The van der Waals surface area contributed by atoms with E-state index < -0.39 is 0 Å². The lowest BCUT2D eigenvalue weighted by Crippen LogP contribution is -2.09. The Morgan fingerprint density at radius 1 is 0.957 bits per heavy atom. The molecular weight excluding hydrogens is 288 g/mol. The average Bonchev–Trinajstić information content (AvgIpc) is 2.51. The number of benzene rings is 2. The van der Waals surface area contributed by atoms with Crippen molar-refractivity contribution in [2.75, 3.05) is 10.6 Å². The van der Waals surface area contributed by atoms with Crippen molar-refractivity contribution in [1.82, 2.24) is 0 Å². The van der Waals surface area contributed by atoms with E-state index >= 15 is 0 Å². The molecule has 2 N–H and O–H groups in total. The Bertz CT molecular complexity index is 746. The second-order valence-electron chi connectivity index (χ2n) is 5.37. The van der Waals surface area contributed by atoms with E-state index in [-0.39, 0.29) is 11.8 Å². The highest BCUT2D eigenvalue weighted by atomic mass is 16.2. The van der Waals surface area contributed by atoms with Gasteiger partial charge in [0, 0.05) is 24.4 Å². The van der Waals surface area contributed by atoms with Crippen LogP contribution in [-0.4, -0.2) is 11.8 Å². The van der Waals surface area contributed by atoms with Gasteiger partial charge in [0.05, 0.1) is 0 Å². The van der Waals surface area contributed by atoms with Gasteiger partial charge in [-0.3, -0.25) is 9.59 Å². The highest BCUT2D eigenvalue weighted by molar-refractivity contribution is 6.02. The fraction of sp³-hybridized carbons (Fsp3) is 0.158. The predicted octanol–water partition coefficient (Wildman–Crippen LogP) is 3.91. The smallest absolute Gasteiger partial charge is 0.248 e. The number of carbonyl (C=O) groups is 2. The van der Waals surface area contributed by atoms with Crippen LogP contribution < -0.4 is 10.6 Å². The fourth-order valence-corrected chi connectivity index (χ4v) is 2.11. The highest BCUT2D eigenvalue weighted by Gasteiger charge is 2.03. The Kier molecular flexibility index (Phi) is 5.31. The summed E-state index contributed by atoms with van der Waals surface area (Å²) in [6, 6.07) is 13.1. The lowest BCUT2D eigenvalue weighted by molar-refractivity contribution is -0.114. The minimum Gasteiger partial charge on any atom is -0.326 e. The van der Waals surface area contributed by atoms with Crippen molar-refractivity contribution < 1.29 is 9.59 Å². The van der Waals surface area contributed by atoms with Gasteiger partial charge in [-0.2, -0.15) is 0 Å². The minimum atomic E-state index is -0.176. The van der Waals surface area contributed by atoms with Crippen LogP contribution >= 0.6 is 0 Å². The van der Waals surface area contributed by atoms with E-state index in [0.717, 1.165) is 28.1 Å². The zero-order valence-electron chi connectivity index (χ0n) is 13.5. The first-order valence-electron chi connectivity index (χ1n) is 7.38. The van der Waals surface area contributed by atoms with Gasteiger partial charge in [0.2, 0.25) is 11.8 Å². The summed E-state index contributed by atoms with van der Waals surface area (Å²) >= 11 is 0. The maximum atomic E-state index is 12.0. The van der Waals surface area contributed by atoms with Crippen molar-refractivity contribution in [2.45, 2.75) is 20.8 Å². The average molecular weight is 308 g/mol. The molecule has 0 aliphatic rings. The minimum absolute atomic E-state index is 0.110. The summed E-state index contributed by atoms with van der Waals surface area (Å²) in [7, 11) is 0. The molecular formula is C19H20N2O2. The number of aryl methyl sites for hydroxylation is 1. The van der Waals surface area contributed by atoms with Crippen molar-refractivity contribution in [3.05, 3.63) is 65.2 Å². The molecule has 0 saturated carbocycles. The molecule has 2 aromatic rings. The zero-order chi connectivity index (χ0) is 16.8. The first kappa shape index (κ1) is 16.5. The first-order valence-corrected chi connectivity index (χ1v) is 7.38. The van der Waals surface area contributed by atoms with Crippen molar-refractivity contribution in [1.29, 1.82) is 0 Å². The number of amides is 2. The largest absolute Gasteiger partial charge is 0.326 e. The number of anilines is 2. The molecule has 2 aromatic carbocycles. The van der Waals surface area contributed by atoms with Crippen LogP contribution in [0.3, 0.4) is 0 Å². The third-order valence-corrected chi connectivity index (χ3v) is 3.52. The summed E-state index contributed by atoms with van der Waals surface area (Å²) in [5, 5.41) is 5.57. The topological polar surface area (TPSA) is 58.2 Å². The fourth-order valence-electron chi connectivity index (χ4n) is 2.11. The molecule has 0 unspecified atom stereocenters. The lowest BCUT2D eigenvalue weighted by atomic mass is 10.1. The summed E-state index contributed by atoms with van der Waals surface area (Å²) in [5.41, 5.74) is 4.64. The van der Waals surface area contributed by atoms with Gasteiger partial charge in [-0.15, -0.1) is 0 Å². The van der Waals surface area contributed by atoms with Crippen LogP contribution in [0.5, 0.6) is 0 Å². The van der Waals surface area contributed by atoms with Crippen LogP contribution in [0.15, 0.2) is 48.5 Å². The normalized spacial score (nSPS) is 10.6. The van der Waals surface area contributed by atoms with Crippen LogP contribution in [0.1, 0.15) is 23.6 Å². The van der Waals surface area contributed by atoms with Crippen LogP contribution in [0.4, 0.5) is 11.4 Å². The number of rotatable bonds is 4. The van der Waals surface area contributed by atoms with Crippen molar-refractivity contribution in [3.8, 4) is 0 Å². The number of hydrogen-bond donors (Lipinski definition) is 2. The van der Waals surface area contributed by atoms with Crippen molar-refractivity contribution >= 4 is 29.3 Å². The second-order valence-corrected chi connectivity index (χ2v) is 5.37. The van der Waals surface area contributed by atoms with Crippen LogP contribution in [-0.2, 0) is 9.59 Å². The zero-order valence-corrected chi connectivity index (χ0v) is 13.5. The maximum Gasteiger partial charge on any atom is 0.248 e. The third kappa shape index (κ3) is 4.81. The van der Waals surface area contributed by atoms with Gasteiger partial charge in [-0.25, -0.2) is 0 Å².